The van der Waals surface area contributed by atoms with Crippen molar-refractivity contribution in [3.63, 3.8) is 0 Å². The molecule has 2 N–H and O–H groups in total. The Morgan fingerprint density at radius 1 is 1.62 bits per heavy atom. The molecule has 0 spiro atoms. The zero-order valence-electron chi connectivity index (χ0n) is 9.99. The molecule has 16 heavy (non-hydrogen) atoms. The molecule has 1 fully saturated rings. The summed E-state index contributed by atoms with van der Waals surface area (Å²) in [6.45, 7) is 8.99. The van der Waals surface area contributed by atoms with E-state index < -0.39 is 5.09 Å². The third-order valence-electron chi connectivity index (χ3n) is 3.43. The van der Waals surface area contributed by atoms with Crippen molar-refractivity contribution in [2.45, 2.75) is 33.1 Å². The van der Waals surface area contributed by atoms with Crippen LogP contribution in [0.4, 0.5) is 0 Å². The van der Waals surface area contributed by atoms with Crippen LogP contribution >= 0.6 is 0 Å². The van der Waals surface area contributed by atoms with Gasteiger partial charge in [0.15, 0.2) is 0 Å². The van der Waals surface area contributed by atoms with Crippen molar-refractivity contribution in [2.24, 2.45) is 16.6 Å². The van der Waals surface area contributed by atoms with Gasteiger partial charge in [0.2, 0.25) is 0 Å². The average Bonchev–Trinajstić information content (AvgIpc) is 2.36. The molecular formula is C11H20N2O3. The maximum Gasteiger partial charge on any atom is 0.294 e. The Morgan fingerprint density at radius 2 is 2.25 bits per heavy atom. The largest absolute Gasteiger partial charge is 0.330 e. The van der Waals surface area contributed by atoms with Gasteiger partial charge < -0.3 is 10.6 Å². The number of hydrogen-bond acceptors (Lipinski definition) is 4. The molecule has 0 bridgehead atoms. The fourth-order valence-electron chi connectivity index (χ4n) is 2.77. The standard InChI is InChI=1S/C11H20N2O3/c1-9-6-10(2,3)7-11(9,8-12)4-5-16-13(14)15/h1,4-8,12H2,2-3H3. The van der Waals surface area contributed by atoms with Crippen molar-refractivity contribution < 1.29 is 9.92 Å². The van der Waals surface area contributed by atoms with Crippen LogP contribution < -0.4 is 5.73 Å². The first-order valence-corrected chi connectivity index (χ1v) is 5.47. The molecule has 0 aliphatic heterocycles. The van der Waals surface area contributed by atoms with Gasteiger partial charge in [0.1, 0.15) is 0 Å². The minimum Gasteiger partial charge on any atom is -0.330 e. The lowest BCUT2D eigenvalue weighted by atomic mass is 9.78. The summed E-state index contributed by atoms with van der Waals surface area (Å²) in [4.78, 5) is 14.5. The number of hydrogen-bond donors (Lipinski definition) is 1. The Morgan fingerprint density at radius 3 is 2.62 bits per heavy atom. The van der Waals surface area contributed by atoms with Crippen LogP contribution in [-0.2, 0) is 4.84 Å². The normalized spacial score (nSPS) is 28.1. The summed E-state index contributed by atoms with van der Waals surface area (Å²) in [5.41, 5.74) is 6.92. The second-order valence-electron chi connectivity index (χ2n) is 5.41. The maximum atomic E-state index is 10.1. The highest BCUT2D eigenvalue weighted by Gasteiger charge is 2.44. The van der Waals surface area contributed by atoms with Crippen LogP contribution in [0, 0.1) is 20.9 Å². The summed E-state index contributed by atoms with van der Waals surface area (Å²) in [6, 6.07) is 0. The van der Waals surface area contributed by atoms with E-state index in [1.807, 2.05) is 0 Å². The van der Waals surface area contributed by atoms with Crippen LogP contribution in [-0.4, -0.2) is 18.2 Å². The predicted octanol–water partition coefficient (Wildman–Crippen LogP) is 1.91. The Labute approximate surface area is 95.8 Å². The molecular weight excluding hydrogens is 208 g/mol. The van der Waals surface area contributed by atoms with Crippen LogP contribution in [0.25, 0.3) is 0 Å². The third kappa shape index (κ3) is 2.72. The van der Waals surface area contributed by atoms with Crippen molar-refractivity contribution in [3.8, 4) is 0 Å². The maximum absolute atomic E-state index is 10.1. The smallest absolute Gasteiger partial charge is 0.294 e. The van der Waals surface area contributed by atoms with Crippen LogP contribution in [0.2, 0.25) is 0 Å². The third-order valence-corrected chi connectivity index (χ3v) is 3.43. The molecule has 1 rings (SSSR count). The molecule has 0 aromatic heterocycles. The molecule has 1 atom stereocenters. The lowest BCUT2D eigenvalue weighted by Crippen LogP contribution is -2.31. The second kappa shape index (κ2) is 4.41. The van der Waals surface area contributed by atoms with Crippen LogP contribution in [0.3, 0.4) is 0 Å². The first kappa shape index (κ1) is 13.0. The van der Waals surface area contributed by atoms with E-state index in [1.165, 1.54) is 0 Å². The predicted molar refractivity (Wildman–Crippen MR) is 61.2 cm³/mol. The van der Waals surface area contributed by atoms with E-state index in [4.69, 9.17) is 5.73 Å². The fourth-order valence-corrected chi connectivity index (χ4v) is 2.77. The van der Waals surface area contributed by atoms with Crippen molar-refractivity contribution in [2.75, 3.05) is 13.2 Å². The van der Waals surface area contributed by atoms with Crippen LogP contribution in [0.15, 0.2) is 12.2 Å². The summed E-state index contributed by atoms with van der Waals surface area (Å²) >= 11 is 0. The molecule has 0 aromatic rings. The number of rotatable bonds is 5. The van der Waals surface area contributed by atoms with Gasteiger partial charge in [-0.25, -0.2) is 0 Å². The monoisotopic (exact) mass is 228 g/mol. The first-order chi connectivity index (χ1) is 7.31. The van der Waals surface area contributed by atoms with Crippen LogP contribution in [0.1, 0.15) is 33.1 Å². The molecule has 1 saturated carbocycles. The lowest BCUT2D eigenvalue weighted by Gasteiger charge is -2.30. The Hall–Kier alpha value is -1.10. The Kier molecular flexibility index (Phi) is 3.57. The summed E-state index contributed by atoms with van der Waals surface area (Å²) in [6.07, 6.45) is 2.44. The molecule has 0 amide bonds. The van der Waals surface area contributed by atoms with E-state index in [2.05, 4.69) is 25.3 Å². The molecule has 0 radical (unpaired) electrons. The van der Waals surface area contributed by atoms with Gasteiger partial charge in [0.05, 0.1) is 6.61 Å². The summed E-state index contributed by atoms with van der Waals surface area (Å²) in [7, 11) is 0. The summed E-state index contributed by atoms with van der Waals surface area (Å²) in [5.74, 6) is 0. The highest BCUT2D eigenvalue weighted by Crippen LogP contribution is 2.53. The van der Waals surface area contributed by atoms with E-state index in [0.29, 0.717) is 13.0 Å². The van der Waals surface area contributed by atoms with Gasteiger partial charge in [-0.1, -0.05) is 26.0 Å². The van der Waals surface area contributed by atoms with Gasteiger partial charge in [-0.2, -0.15) is 0 Å². The minimum atomic E-state index is -0.757. The topological polar surface area (TPSA) is 78.4 Å². The number of nitrogens with two attached hydrogens (primary N) is 1. The highest BCUT2D eigenvalue weighted by atomic mass is 16.9. The van der Waals surface area contributed by atoms with Gasteiger partial charge in [0.25, 0.3) is 5.09 Å². The van der Waals surface area contributed by atoms with E-state index in [-0.39, 0.29) is 17.4 Å². The van der Waals surface area contributed by atoms with E-state index >= 15 is 0 Å². The molecule has 0 saturated heterocycles. The summed E-state index contributed by atoms with van der Waals surface area (Å²) in [5, 5.41) is 9.35. The Balaban J connectivity index is 2.64. The molecule has 0 aromatic carbocycles. The molecule has 1 unspecified atom stereocenters. The van der Waals surface area contributed by atoms with Crippen molar-refractivity contribution >= 4 is 0 Å². The zero-order chi connectivity index (χ0) is 12.4. The average molecular weight is 228 g/mol. The fraction of sp³-hybridized carbons (Fsp3) is 0.818. The van der Waals surface area contributed by atoms with Gasteiger partial charge in [-0.3, -0.25) is 0 Å². The first-order valence-electron chi connectivity index (χ1n) is 5.47. The van der Waals surface area contributed by atoms with Crippen LogP contribution in [0.5, 0.6) is 0 Å². The zero-order valence-corrected chi connectivity index (χ0v) is 9.99. The summed E-state index contributed by atoms with van der Waals surface area (Å²) < 4.78 is 0. The molecule has 5 nitrogen and oxygen atoms in total. The SMILES string of the molecule is C=C1CC(C)(C)CC1(CN)CCO[N+](=O)[O-]. The highest BCUT2D eigenvalue weighted by molar-refractivity contribution is 5.20. The number of nitrogens with zero attached hydrogens (tertiary/aromatic N) is 1. The van der Waals surface area contributed by atoms with Gasteiger partial charge >= 0.3 is 0 Å². The second-order valence-corrected chi connectivity index (χ2v) is 5.41. The van der Waals surface area contributed by atoms with Gasteiger partial charge in [0, 0.05) is 12.0 Å². The Bertz CT molecular complexity index is 302. The molecule has 5 heteroatoms. The van der Waals surface area contributed by atoms with E-state index in [1.54, 1.807) is 0 Å². The molecule has 1 aliphatic rings. The molecule has 92 valence electrons. The van der Waals surface area contributed by atoms with Crippen molar-refractivity contribution in [1.82, 2.24) is 0 Å². The minimum absolute atomic E-state index is 0.0965. The van der Waals surface area contributed by atoms with Gasteiger partial charge in [-0.15, -0.1) is 10.1 Å². The van der Waals surface area contributed by atoms with E-state index in [9.17, 15) is 10.1 Å². The lowest BCUT2D eigenvalue weighted by molar-refractivity contribution is -0.758. The van der Waals surface area contributed by atoms with Gasteiger partial charge in [-0.05, 0) is 24.7 Å². The molecule has 1 aliphatic carbocycles. The van der Waals surface area contributed by atoms with E-state index in [0.717, 1.165) is 18.4 Å². The van der Waals surface area contributed by atoms with Crippen molar-refractivity contribution in [3.05, 3.63) is 22.3 Å². The quantitative estimate of drug-likeness (QED) is 0.443. The molecule has 0 heterocycles. The van der Waals surface area contributed by atoms with Crippen molar-refractivity contribution in [1.29, 1.82) is 0 Å².